The summed E-state index contributed by atoms with van der Waals surface area (Å²) in [6, 6.07) is 7.37. The minimum Gasteiger partial charge on any atom is -0.408 e. The van der Waals surface area contributed by atoms with Crippen molar-refractivity contribution in [2.24, 2.45) is 0 Å². The molecule has 0 fully saturated rings. The van der Waals surface area contributed by atoms with Gasteiger partial charge in [-0.25, -0.2) is 4.79 Å². The van der Waals surface area contributed by atoms with Crippen LogP contribution in [0.5, 0.6) is 0 Å². The maximum Gasteiger partial charge on any atom is 0.419 e. The van der Waals surface area contributed by atoms with Crippen LogP contribution in [0.25, 0.3) is 11.1 Å². The summed E-state index contributed by atoms with van der Waals surface area (Å²) >= 11 is 0. The number of rotatable bonds is 5. The van der Waals surface area contributed by atoms with Gasteiger partial charge in [0.05, 0.1) is 12.1 Å². The van der Waals surface area contributed by atoms with E-state index in [2.05, 4.69) is 0 Å². The van der Waals surface area contributed by atoms with Gasteiger partial charge in [0.25, 0.3) is 0 Å². The molecule has 0 unspecified atom stereocenters. The molecular formula is C12H16N2O3. The van der Waals surface area contributed by atoms with Gasteiger partial charge in [-0.1, -0.05) is 12.1 Å². The first-order valence-corrected chi connectivity index (χ1v) is 5.60. The van der Waals surface area contributed by atoms with Gasteiger partial charge in [0.2, 0.25) is 0 Å². The van der Waals surface area contributed by atoms with Crippen molar-refractivity contribution >= 4 is 11.1 Å². The third-order valence-electron chi connectivity index (χ3n) is 2.76. The van der Waals surface area contributed by atoms with E-state index >= 15 is 0 Å². The molecule has 0 aliphatic rings. The Morgan fingerprint density at radius 3 is 2.88 bits per heavy atom. The molecule has 2 aromatic rings. The van der Waals surface area contributed by atoms with E-state index in [1.165, 1.54) is 0 Å². The second-order valence-electron chi connectivity index (χ2n) is 4.01. The van der Waals surface area contributed by atoms with Crippen molar-refractivity contribution in [3.8, 4) is 0 Å². The number of aromatic nitrogens is 1. The van der Waals surface area contributed by atoms with E-state index in [0.29, 0.717) is 25.2 Å². The van der Waals surface area contributed by atoms with Gasteiger partial charge in [-0.3, -0.25) is 4.57 Å². The molecule has 1 N–H and O–H groups in total. The van der Waals surface area contributed by atoms with E-state index in [1.54, 1.807) is 10.6 Å². The van der Waals surface area contributed by atoms with E-state index < -0.39 is 0 Å². The number of aliphatic hydroxyl groups is 1. The Bertz CT molecular complexity index is 544. The van der Waals surface area contributed by atoms with Crippen LogP contribution in [0.15, 0.2) is 33.5 Å². The summed E-state index contributed by atoms with van der Waals surface area (Å²) in [5, 5.41) is 8.79. The maximum atomic E-state index is 11.6. The monoisotopic (exact) mass is 236 g/mol. The molecule has 0 aliphatic heterocycles. The largest absolute Gasteiger partial charge is 0.419 e. The van der Waals surface area contributed by atoms with Crippen molar-refractivity contribution in [2.75, 3.05) is 26.7 Å². The zero-order valence-corrected chi connectivity index (χ0v) is 9.80. The Hall–Kier alpha value is -1.59. The van der Waals surface area contributed by atoms with Gasteiger partial charge in [0.1, 0.15) is 0 Å². The molecule has 17 heavy (non-hydrogen) atoms. The zero-order chi connectivity index (χ0) is 12.3. The average molecular weight is 236 g/mol. The van der Waals surface area contributed by atoms with Crippen LogP contribution in [-0.2, 0) is 6.54 Å². The SMILES string of the molecule is CN(CCO)CCn1c(=O)oc2ccccc21. The van der Waals surface area contributed by atoms with Crippen LogP contribution in [0.3, 0.4) is 0 Å². The highest BCUT2D eigenvalue weighted by Crippen LogP contribution is 2.11. The number of benzene rings is 1. The molecule has 5 heteroatoms. The molecule has 2 rings (SSSR count). The van der Waals surface area contributed by atoms with Crippen molar-refractivity contribution in [2.45, 2.75) is 6.54 Å². The van der Waals surface area contributed by atoms with Crippen LogP contribution in [0.2, 0.25) is 0 Å². The lowest BCUT2D eigenvalue weighted by Gasteiger charge is -2.14. The van der Waals surface area contributed by atoms with E-state index in [1.807, 2.05) is 30.1 Å². The smallest absolute Gasteiger partial charge is 0.408 e. The molecule has 0 amide bonds. The molecule has 92 valence electrons. The fourth-order valence-electron chi connectivity index (χ4n) is 1.78. The van der Waals surface area contributed by atoms with Crippen molar-refractivity contribution in [1.82, 2.24) is 9.47 Å². The first kappa shape index (κ1) is 11.9. The summed E-state index contributed by atoms with van der Waals surface area (Å²) in [6.45, 7) is 1.98. The van der Waals surface area contributed by atoms with E-state index in [0.717, 1.165) is 5.52 Å². The Morgan fingerprint density at radius 1 is 1.35 bits per heavy atom. The van der Waals surface area contributed by atoms with Gasteiger partial charge in [-0.2, -0.15) is 0 Å². The molecule has 0 atom stereocenters. The number of aliphatic hydroxyl groups excluding tert-OH is 1. The fourth-order valence-corrected chi connectivity index (χ4v) is 1.78. The standard InChI is InChI=1S/C12H16N2O3/c1-13(8-9-15)6-7-14-10-4-2-3-5-11(10)17-12(14)16/h2-5,15H,6-9H2,1H3. The summed E-state index contributed by atoms with van der Waals surface area (Å²) in [7, 11) is 1.91. The predicted octanol–water partition coefficient (Wildman–Crippen LogP) is 0.519. The fraction of sp³-hybridized carbons (Fsp3) is 0.417. The minimum absolute atomic E-state index is 0.123. The normalized spacial score (nSPS) is 11.5. The molecule has 0 radical (unpaired) electrons. The first-order valence-electron chi connectivity index (χ1n) is 5.60. The summed E-state index contributed by atoms with van der Waals surface area (Å²) in [5.41, 5.74) is 1.43. The average Bonchev–Trinajstić information content (AvgIpc) is 2.62. The van der Waals surface area contributed by atoms with Crippen LogP contribution in [0.1, 0.15) is 0 Å². The van der Waals surface area contributed by atoms with Gasteiger partial charge in [0, 0.05) is 19.6 Å². The number of oxazole rings is 1. The summed E-state index contributed by atoms with van der Waals surface area (Å²) < 4.78 is 6.75. The minimum atomic E-state index is -0.330. The van der Waals surface area contributed by atoms with Crippen LogP contribution in [0.4, 0.5) is 0 Å². The van der Waals surface area contributed by atoms with Crippen LogP contribution >= 0.6 is 0 Å². The Morgan fingerprint density at radius 2 is 2.12 bits per heavy atom. The van der Waals surface area contributed by atoms with Gasteiger partial charge in [-0.15, -0.1) is 0 Å². The zero-order valence-electron chi connectivity index (χ0n) is 9.80. The molecule has 0 bridgehead atoms. The van der Waals surface area contributed by atoms with Gasteiger partial charge in [-0.05, 0) is 19.2 Å². The second-order valence-corrected chi connectivity index (χ2v) is 4.01. The van der Waals surface area contributed by atoms with E-state index in [-0.39, 0.29) is 12.4 Å². The lowest BCUT2D eigenvalue weighted by Crippen LogP contribution is -2.28. The quantitative estimate of drug-likeness (QED) is 0.822. The van der Waals surface area contributed by atoms with Gasteiger partial charge >= 0.3 is 5.76 Å². The van der Waals surface area contributed by atoms with Crippen molar-refractivity contribution in [3.05, 3.63) is 34.8 Å². The lowest BCUT2D eigenvalue weighted by atomic mass is 10.3. The number of fused-ring (bicyclic) bond motifs is 1. The number of hydrogen-bond acceptors (Lipinski definition) is 4. The highest BCUT2D eigenvalue weighted by molar-refractivity contribution is 5.72. The number of para-hydroxylation sites is 2. The van der Waals surface area contributed by atoms with Crippen molar-refractivity contribution in [1.29, 1.82) is 0 Å². The Balaban J connectivity index is 2.18. The third kappa shape index (κ3) is 2.57. The van der Waals surface area contributed by atoms with Crippen molar-refractivity contribution in [3.63, 3.8) is 0 Å². The highest BCUT2D eigenvalue weighted by Gasteiger charge is 2.08. The summed E-state index contributed by atoms with van der Waals surface area (Å²) in [5.74, 6) is -0.330. The molecule has 0 spiro atoms. The number of hydrogen-bond donors (Lipinski definition) is 1. The topological polar surface area (TPSA) is 58.6 Å². The van der Waals surface area contributed by atoms with E-state index in [9.17, 15) is 4.79 Å². The van der Waals surface area contributed by atoms with Crippen LogP contribution in [-0.4, -0.2) is 41.3 Å². The molecule has 0 saturated heterocycles. The summed E-state index contributed by atoms with van der Waals surface area (Å²) in [4.78, 5) is 13.6. The molecule has 1 aromatic heterocycles. The molecule has 0 saturated carbocycles. The predicted molar refractivity (Wildman–Crippen MR) is 65.1 cm³/mol. The number of nitrogens with zero attached hydrogens (tertiary/aromatic N) is 2. The lowest BCUT2D eigenvalue weighted by molar-refractivity contribution is 0.216. The molecule has 0 aliphatic carbocycles. The summed E-state index contributed by atoms with van der Waals surface area (Å²) in [6.07, 6.45) is 0. The molecule has 1 heterocycles. The highest BCUT2D eigenvalue weighted by atomic mass is 16.4. The molecule has 1 aromatic carbocycles. The Labute approximate surface area is 98.9 Å². The third-order valence-corrected chi connectivity index (χ3v) is 2.76. The maximum absolute atomic E-state index is 11.6. The second kappa shape index (κ2) is 5.16. The Kier molecular flexibility index (Phi) is 3.61. The van der Waals surface area contributed by atoms with E-state index in [4.69, 9.17) is 9.52 Å². The first-order chi connectivity index (χ1) is 8.22. The molecular weight excluding hydrogens is 220 g/mol. The van der Waals surface area contributed by atoms with Gasteiger partial charge in [0.15, 0.2) is 5.58 Å². The molecule has 5 nitrogen and oxygen atoms in total. The van der Waals surface area contributed by atoms with Crippen molar-refractivity contribution < 1.29 is 9.52 Å². The van der Waals surface area contributed by atoms with Gasteiger partial charge < -0.3 is 14.4 Å². The van der Waals surface area contributed by atoms with Crippen LogP contribution in [0, 0.1) is 0 Å². The van der Waals surface area contributed by atoms with Crippen LogP contribution < -0.4 is 5.76 Å². The number of likely N-dealkylation sites (N-methyl/N-ethyl adjacent to an activating group) is 1.